The van der Waals surface area contributed by atoms with Crippen LogP contribution in [0.4, 0.5) is 5.69 Å². The van der Waals surface area contributed by atoms with E-state index >= 15 is 0 Å². The number of ether oxygens (including phenoxy) is 1. The van der Waals surface area contributed by atoms with Gasteiger partial charge in [-0.25, -0.2) is 8.42 Å². The normalized spacial score (nSPS) is 12.7. The number of rotatable bonds is 13. The molecule has 0 fully saturated rings. The first-order valence-electron chi connectivity index (χ1n) is 13.2. The molecule has 214 valence electrons. The second-order valence-electron chi connectivity index (χ2n) is 9.40. The molecule has 0 spiro atoms. The highest BCUT2D eigenvalue weighted by Crippen LogP contribution is 2.27. The predicted molar refractivity (Wildman–Crippen MR) is 161 cm³/mol. The van der Waals surface area contributed by atoms with Gasteiger partial charge in [0.1, 0.15) is 18.3 Å². The monoisotopic (exact) mass is 629 g/mol. The van der Waals surface area contributed by atoms with Crippen molar-refractivity contribution in [1.82, 2.24) is 10.2 Å². The van der Waals surface area contributed by atoms with Gasteiger partial charge in [-0.15, -0.1) is 0 Å². The smallest absolute Gasteiger partial charge is 0.264 e. The zero-order valence-electron chi connectivity index (χ0n) is 23.2. The molecule has 3 aromatic carbocycles. The van der Waals surface area contributed by atoms with E-state index in [-0.39, 0.29) is 23.4 Å². The molecule has 3 aromatic rings. The quantitative estimate of drug-likeness (QED) is 0.274. The fourth-order valence-corrected chi connectivity index (χ4v) is 5.89. The van der Waals surface area contributed by atoms with Crippen LogP contribution in [0.2, 0.25) is 0 Å². The SMILES string of the molecule is CCOc1ccc(N(CC(=O)N(Cc2cccc(Br)c2)C(C)C(=O)NC(C)CC)S(=O)(=O)c2ccccc2)cc1. The lowest BCUT2D eigenvalue weighted by molar-refractivity contribution is -0.139. The summed E-state index contributed by atoms with van der Waals surface area (Å²) in [5.74, 6) is -0.238. The molecule has 0 heterocycles. The molecule has 2 amide bonds. The molecule has 40 heavy (non-hydrogen) atoms. The number of carbonyl (C=O) groups excluding carboxylic acids is 2. The van der Waals surface area contributed by atoms with E-state index < -0.39 is 28.5 Å². The summed E-state index contributed by atoms with van der Waals surface area (Å²) in [6.07, 6.45) is 0.735. The van der Waals surface area contributed by atoms with Crippen LogP contribution in [-0.4, -0.2) is 50.4 Å². The summed E-state index contributed by atoms with van der Waals surface area (Å²) in [5, 5.41) is 2.93. The maximum atomic E-state index is 14.0. The van der Waals surface area contributed by atoms with Crippen LogP contribution in [0.5, 0.6) is 5.75 Å². The number of hydrogen-bond acceptors (Lipinski definition) is 5. The minimum absolute atomic E-state index is 0.0535. The lowest BCUT2D eigenvalue weighted by Gasteiger charge is -2.32. The van der Waals surface area contributed by atoms with Gasteiger partial charge in [-0.2, -0.15) is 0 Å². The second-order valence-corrected chi connectivity index (χ2v) is 12.2. The van der Waals surface area contributed by atoms with Crippen molar-refractivity contribution in [2.24, 2.45) is 0 Å². The van der Waals surface area contributed by atoms with Crippen LogP contribution in [0.3, 0.4) is 0 Å². The molecule has 0 saturated carbocycles. The zero-order chi connectivity index (χ0) is 29.3. The molecule has 0 radical (unpaired) electrons. The van der Waals surface area contributed by atoms with E-state index in [1.54, 1.807) is 49.4 Å². The van der Waals surface area contributed by atoms with Gasteiger partial charge in [0.25, 0.3) is 10.0 Å². The zero-order valence-corrected chi connectivity index (χ0v) is 25.6. The van der Waals surface area contributed by atoms with Crippen LogP contribution in [-0.2, 0) is 26.2 Å². The van der Waals surface area contributed by atoms with Crippen molar-refractivity contribution in [3.63, 3.8) is 0 Å². The molecule has 0 bridgehead atoms. The van der Waals surface area contributed by atoms with Crippen molar-refractivity contribution < 1.29 is 22.7 Å². The highest BCUT2D eigenvalue weighted by molar-refractivity contribution is 9.10. The number of anilines is 1. The van der Waals surface area contributed by atoms with Crippen molar-refractivity contribution >= 4 is 43.5 Å². The Kier molecular flexibility index (Phi) is 11.2. The van der Waals surface area contributed by atoms with Crippen molar-refractivity contribution in [2.45, 2.75) is 57.6 Å². The number of hydrogen-bond donors (Lipinski definition) is 1. The molecule has 0 saturated heterocycles. The summed E-state index contributed by atoms with van der Waals surface area (Å²) < 4.78 is 35.1. The van der Waals surface area contributed by atoms with E-state index in [0.717, 1.165) is 20.8 Å². The lowest BCUT2D eigenvalue weighted by Crippen LogP contribution is -2.52. The first kappa shape index (κ1) is 31.2. The Morgan fingerprint density at radius 3 is 2.23 bits per heavy atom. The molecular weight excluding hydrogens is 594 g/mol. The number of carbonyl (C=O) groups is 2. The maximum absolute atomic E-state index is 14.0. The lowest BCUT2D eigenvalue weighted by atomic mass is 10.1. The van der Waals surface area contributed by atoms with E-state index in [1.165, 1.54) is 17.0 Å². The van der Waals surface area contributed by atoms with Gasteiger partial charge in [0.2, 0.25) is 11.8 Å². The fourth-order valence-electron chi connectivity index (χ4n) is 4.00. The number of nitrogens with zero attached hydrogens (tertiary/aromatic N) is 2. The van der Waals surface area contributed by atoms with Gasteiger partial charge in [0.05, 0.1) is 17.2 Å². The number of nitrogens with one attached hydrogen (secondary N) is 1. The van der Waals surface area contributed by atoms with Crippen LogP contribution < -0.4 is 14.4 Å². The highest BCUT2D eigenvalue weighted by Gasteiger charge is 2.32. The Bertz CT molecular complexity index is 1380. The fraction of sp³-hybridized carbons (Fsp3) is 0.333. The van der Waals surface area contributed by atoms with Crippen LogP contribution in [0.25, 0.3) is 0 Å². The second kappa shape index (κ2) is 14.3. The summed E-state index contributed by atoms with van der Waals surface area (Å²) in [7, 11) is -4.12. The molecule has 0 aliphatic rings. The summed E-state index contributed by atoms with van der Waals surface area (Å²) >= 11 is 3.46. The molecule has 10 heteroatoms. The third-order valence-corrected chi connectivity index (χ3v) is 8.74. The van der Waals surface area contributed by atoms with Gasteiger partial charge in [-0.1, -0.05) is 53.2 Å². The average Bonchev–Trinajstić information content (AvgIpc) is 2.95. The third kappa shape index (κ3) is 8.08. The topological polar surface area (TPSA) is 96.0 Å². The van der Waals surface area contributed by atoms with E-state index in [4.69, 9.17) is 4.74 Å². The molecule has 8 nitrogen and oxygen atoms in total. The Labute approximate surface area is 245 Å². The number of amides is 2. The molecule has 2 atom stereocenters. The Morgan fingerprint density at radius 2 is 1.62 bits per heavy atom. The standard InChI is InChI=1S/C30H36BrN3O5S/c1-5-22(3)32-30(36)23(4)33(20-24-11-10-12-25(31)19-24)29(35)21-34(26-15-17-27(18-16-26)39-6-2)40(37,38)28-13-8-7-9-14-28/h7-19,22-23H,5-6,20-21H2,1-4H3,(H,32,36). The predicted octanol–water partition coefficient (Wildman–Crippen LogP) is 5.38. The van der Waals surface area contributed by atoms with Gasteiger partial charge in [-0.3, -0.25) is 13.9 Å². The van der Waals surface area contributed by atoms with E-state index in [2.05, 4.69) is 21.2 Å². The first-order chi connectivity index (χ1) is 19.1. The molecule has 0 aromatic heterocycles. The van der Waals surface area contributed by atoms with Crippen LogP contribution in [0, 0.1) is 0 Å². The van der Waals surface area contributed by atoms with Gasteiger partial charge >= 0.3 is 0 Å². The molecule has 3 rings (SSSR count). The largest absolute Gasteiger partial charge is 0.494 e. The minimum Gasteiger partial charge on any atom is -0.494 e. The van der Waals surface area contributed by atoms with Crippen LogP contribution >= 0.6 is 15.9 Å². The molecule has 0 aliphatic heterocycles. The molecule has 2 unspecified atom stereocenters. The summed E-state index contributed by atoms with van der Waals surface area (Å²) in [5.41, 5.74) is 1.10. The van der Waals surface area contributed by atoms with E-state index in [9.17, 15) is 18.0 Å². The van der Waals surface area contributed by atoms with Gasteiger partial charge in [0.15, 0.2) is 0 Å². The van der Waals surface area contributed by atoms with E-state index in [1.807, 2.05) is 45.0 Å². The summed E-state index contributed by atoms with van der Waals surface area (Å²) in [4.78, 5) is 28.6. The van der Waals surface area contributed by atoms with Gasteiger partial charge in [0, 0.05) is 17.1 Å². The van der Waals surface area contributed by atoms with Crippen LogP contribution in [0.1, 0.15) is 39.7 Å². The average molecular weight is 631 g/mol. The maximum Gasteiger partial charge on any atom is 0.264 e. The first-order valence-corrected chi connectivity index (χ1v) is 15.4. The highest BCUT2D eigenvalue weighted by atomic mass is 79.9. The third-order valence-electron chi connectivity index (χ3n) is 6.46. The molecule has 0 aliphatic carbocycles. The van der Waals surface area contributed by atoms with Crippen molar-refractivity contribution in [3.8, 4) is 5.75 Å². The summed E-state index contributed by atoms with van der Waals surface area (Å²) in [6.45, 7) is 7.45. The molecule has 1 N–H and O–H groups in total. The van der Waals surface area contributed by atoms with Gasteiger partial charge < -0.3 is 15.0 Å². The Morgan fingerprint density at radius 1 is 0.950 bits per heavy atom. The molecular formula is C30H36BrN3O5S. The van der Waals surface area contributed by atoms with Crippen LogP contribution in [0.15, 0.2) is 88.2 Å². The number of benzene rings is 3. The van der Waals surface area contributed by atoms with Gasteiger partial charge in [-0.05, 0) is 81.3 Å². The van der Waals surface area contributed by atoms with Crippen molar-refractivity contribution in [1.29, 1.82) is 0 Å². The number of sulfonamides is 1. The van der Waals surface area contributed by atoms with Crippen molar-refractivity contribution in [3.05, 3.63) is 88.9 Å². The van der Waals surface area contributed by atoms with E-state index in [0.29, 0.717) is 18.0 Å². The van der Waals surface area contributed by atoms with Crippen molar-refractivity contribution in [2.75, 3.05) is 17.5 Å². The summed E-state index contributed by atoms with van der Waals surface area (Å²) in [6, 6.07) is 21.0. The Balaban J connectivity index is 2.01. The minimum atomic E-state index is -4.12. The number of halogens is 1. The Hall–Kier alpha value is -3.37.